The summed E-state index contributed by atoms with van der Waals surface area (Å²) in [6.07, 6.45) is 7.25. The smallest absolute Gasteiger partial charge is 0.240 e. The number of rotatable bonds is 4. The quantitative estimate of drug-likeness (QED) is 0.883. The molecule has 6 heteroatoms. The Morgan fingerprint density at radius 2 is 1.68 bits per heavy atom. The van der Waals surface area contributed by atoms with Crippen LogP contribution in [-0.4, -0.2) is 27.5 Å². The van der Waals surface area contributed by atoms with Crippen LogP contribution in [0.3, 0.4) is 0 Å². The minimum atomic E-state index is -3.38. The molecule has 1 unspecified atom stereocenters. The predicted octanol–water partition coefficient (Wildman–Crippen LogP) is 2.80. The van der Waals surface area contributed by atoms with Gasteiger partial charge in [-0.2, -0.15) is 0 Å². The van der Waals surface area contributed by atoms with Crippen molar-refractivity contribution >= 4 is 22.4 Å². The second-order valence-electron chi connectivity index (χ2n) is 6.21. The van der Waals surface area contributed by atoms with E-state index in [1.807, 2.05) is 12.1 Å². The van der Waals surface area contributed by atoms with Crippen molar-refractivity contribution in [2.45, 2.75) is 55.4 Å². The van der Waals surface area contributed by atoms with Gasteiger partial charge in [-0.15, -0.1) is 12.4 Å². The molecule has 2 fully saturated rings. The summed E-state index contributed by atoms with van der Waals surface area (Å²) in [5.74, 6) is 0.613. The van der Waals surface area contributed by atoms with E-state index in [0.717, 1.165) is 19.5 Å². The van der Waals surface area contributed by atoms with Crippen molar-refractivity contribution in [1.29, 1.82) is 0 Å². The van der Waals surface area contributed by atoms with E-state index in [9.17, 15) is 8.42 Å². The number of benzene rings is 1. The number of hydrogen-bond acceptors (Lipinski definition) is 3. The lowest BCUT2D eigenvalue weighted by molar-refractivity contribution is 0.443. The molecule has 124 valence electrons. The highest BCUT2D eigenvalue weighted by Gasteiger charge is 2.23. The summed E-state index contributed by atoms with van der Waals surface area (Å²) >= 11 is 0. The van der Waals surface area contributed by atoms with E-state index in [-0.39, 0.29) is 18.4 Å². The van der Waals surface area contributed by atoms with Crippen molar-refractivity contribution in [1.82, 2.24) is 10.0 Å². The zero-order valence-electron chi connectivity index (χ0n) is 12.8. The van der Waals surface area contributed by atoms with Crippen molar-refractivity contribution in [3.63, 3.8) is 0 Å². The molecule has 1 aliphatic carbocycles. The summed E-state index contributed by atoms with van der Waals surface area (Å²) in [6.45, 7) is 1.60. The van der Waals surface area contributed by atoms with Crippen molar-refractivity contribution in [3.8, 4) is 0 Å². The first-order chi connectivity index (χ1) is 10.1. The van der Waals surface area contributed by atoms with Crippen molar-refractivity contribution in [2.24, 2.45) is 0 Å². The molecule has 1 aromatic carbocycles. The standard InChI is InChI=1S/C16H24N2O2S.ClH/c19-21(20,18-15-10-11-17-12-15)16-8-6-14(7-9-16)13-4-2-1-3-5-13;/h6-9,13,15,17-18H,1-5,10-12H2;1H. The van der Waals surface area contributed by atoms with Gasteiger partial charge in [-0.05, 0) is 49.4 Å². The molecule has 0 aromatic heterocycles. The molecule has 0 spiro atoms. The van der Waals surface area contributed by atoms with Gasteiger partial charge in [0.1, 0.15) is 0 Å². The fraction of sp³-hybridized carbons (Fsp3) is 0.625. The lowest BCUT2D eigenvalue weighted by Crippen LogP contribution is -2.36. The highest BCUT2D eigenvalue weighted by molar-refractivity contribution is 7.89. The van der Waals surface area contributed by atoms with Gasteiger partial charge in [0.05, 0.1) is 4.90 Å². The summed E-state index contributed by atoms with van der Waals surface area (Å²) in [6, 6.07) is 7.53. The lowest BCUT2D eigenvalue weighted by atomic mass is 9.84. The molecule has 1 saturated carbocycles. The SMILES string of the molecule is Cl.O=S(=O)(NC1CCNC1)c1ccc(C2CCCCC2)cc1. The van der Waals surface area contributed by atoms with E-state index in [4.69, 9.17) is 0 Å². The molecule has 1 aliphatic heterocycles. The first kappa shape index (κ1) is 17.7. The van der Waals surface area contributed by atoms with Gasteiger partial charge < -0.3 is 5.32 Å². The maximum Gasteiger partial charge on any atom is 0.240 e. The van der Waals surface area contributed by atoms with Crippen molar-refractivity contribution in [2.75, 3.05) is 13.1 Å². The Labute approximate surface area is 139 Å². The second kappa shape index (κ2) is 7.77. The Morgan fingerprint density at radius 1 is 1.00 bits per heavy atom. The first-order valence-corrected chi connectivity index (χ1v) is 9.46. The fourth-order valence-electron chi connectivity index (χ4n) is 3.40. The summed E-state index contributed by atoms with van der Waals surface area (Å²) in [5, 5.41) is 3.17. The van der Waals surface area contributed by atoms with Gasteiger partial charge in [0, 0.05) is 12.6 Å². The average Bonchev–Trinajstić information content (AvgIpc) is 3.00. The van der Waals surface area contributed by atoms with Gasteiger partial charge in [-0.3, -0.25) is 0 Å². The normalized spacial score (nSPS) is 23.2. The molecule has 22 heavy (non-hydrogen) atoms. The maximum absolute atomic E-state index is 12.3. The third kappa shape index (κ3) is 4.22. The van der Waals surface area contributed by atoms with Crippen LogP contribution in [0.1, 0.15) is 50.0 Å². The Hall–Kier alpha value is -0.620. The van der Waals surface area contributed by atoms with Crippen LogP contribution in [0, 0.1) is 0 Å². The minimum absolute atomic E-state index is 0. The molecular formula is C16H25ClN2O2S. The van der Waals surface area contributed by atoms with Crippen molar-refractivity contribution in [3.05, 3.63) is 29.8 Å². The summed E-state index contributed by atoms with van der Waals surface area (Å²) in [5.41, 5.74) is 1.29. The molecule has 1 heterocycles. The van der Waals surface area contributed by atoms with Crippen LogP contribution < -0.4 is 10.0 Å². The molecular weight excluding hydrogens is 320 g/mol. The van der Waals surface area contributed by atoms with Gasteiger partial charge in [0.25, 0.3) is 0 Å². The summed E-state index contributed by atoms with van der Waals surface area (Å²) in [7, 11) is -3.38. The number of nitrogens with one attached hydrogen (secondary N) is 2. The largest absolute Gasteiger partial charge is 0.315 e. The highest BCUT2D eigenvalue weighted by atomic mass is 35.5. The van der Waals surface area contributed by atoms with E-state index >= 15 is 0 Å². The second-order valence-corrected chi connectivity index (χ2v) is 7.93. The Kier molecular flexibility index (Phi) is 6.26. The van der Waals surface area contributed by atoms with E-state index in [2.05, 4.69) is 10.0 Å². The topological polar surface area (TPSA) is 58.2 Å². The van der Waals surface area contributed by atoms with Crippen LogP contribution in [0.15, 0.2) is 29.2 Å². The van der Waals surface area contributed by atoms with Gasteiger partial charge in [0.15, 0.2) is 0 Å². The van der Waals surface area contributed by atoms with Crippen LogP contribution in [0.4, 0.5) is 0 Å². The van der Waals surface area contributed by atoms with Crippen LogP contribution in [0.5, 0.6) is 0 Å². The average molecular weight is 345 g/mol. The van der Waals surface area contributed by atoms with Crippen molar-refractivity contribution < 1.29 is 8.42 Å². The number of halogens is 1. The molecule has 4 nitrogen and oxygen atoms in total. The van der Waals surface area contributed by atoms with E-state index in [1.54, 1.807) is 12.1 Å². The van der Waals surface area contributed by atoms with Gasteiger partial charge in [0.2, 0.25) is 10.0 Å². The van der Waals surface area contributed by atoms with E-state index in [0.29, 0.717) is 10.8 Å². The van der Waals surface area contributed by atoms with Gasteiger partial charge in [-0.25, -0.2) is 13.1 Å². The van der Waals surface area contributed by atoms with Crippen LogP contribution in [0.25, 0.3) is 0 Å². The van der Waals surface area contributed by atoms with E-state index in [1.165, 1.54) is 37.7 Å². The molecule has 0 amide bonds. The highest BCUT2D eigenvalue weighted by Crippen LogP contribution is 2.32. The Morgan fingerprint density at radius 3 is 2.27 bits per heavy atom. The molecule has 0 bridgehead atoms. The number of hydrogen-bond donors (Lipinski definition) is 2. The van der Waals surface area contributed by atoms with Crippen LogP contribution in [0.2, 0.25) is 0 Å². The molecule has 1 saturated heterocycles. The van der Waals surface area contributed by atoms with Gasteiger partial charge >= 0.3 is 0 Å². The molecule has 2 N–H and O–H groups in total. The Balaban J connectivity index is 0.00000176. The first-order valence-electron chi connectivity index (χ1n) is 7.98. The predicted molar refractivity (Wildman–Crippen MR) is 91.1 cm³/mol. The lowest BCUT2D eigenvalue weighted by Gasteiger charge is -2.22. The monoisotopic (exact) mass is 344 g/mol. The minimum Gasteiger partial charge on any atom is -0.315 e. The Bertz CT molecular complexity index is 562. The summed E-state index contributed by atoms with van der Waals surface area (Å²) in [4.78, 5) is 0.383. The molecule has 3 rings (SSSR count). The number of sulfonamides is 1. The summed E-state index contributed by atoms with van der Waals surface area (Å²) < 4.78 is 27.5. The molecule has 1 atom stereocenters. The fourth-order valence-corrected chi connectivity index (χ4v) is 4.67. The maximum atomic E-state index is 12.3. The zero-order valence-corrected chi connectivity index (χ0v) is 14.4. The zero-order chi connectivity index (χ0) is 14.7. The molecule has 1 aromatic rings. The molecule has 0 radical (unpaired) electrons. The molecule has 2 aliphatic rings. The third-order valence-corrected chi connectivity index (χ3v) is 6.19. The van der Waals surface area contributed by atoms with E-state index < -0.39 is 10.0 Å². The third-order valence-electron chi connectivity index (χ3n) is 4.65. The van der Waals surface area contributed by atoms with Gasteiger partial charge in [-0.1, -0.05) is 31.4 Å². The van der Waals surface area contributed by atoms with Crippen LogP contribution in [-0.2, 0) is 10.0 Å². The van der Waals surface area contributed by atoms with Crippen LogP contribution >= 0.6 is 12.4 Å².